The first-order valence-corrected chi connectivity index (χ1v) is 5.74. The largest absolute Gasteiger partial charge is 0.494 e. The van der Waals surface area contributed by atoms with Gasteiger partial charge in [0.05, 0.1) is 12.2 Å². The van der Waals surface area contributed by atoms with E-state index in [1.807, 2.05) is 58.9 Å². The summed E-state index contributed by atoms with van der Waals surface area (Å²) < 4.78 is 5.44. The zero-order valence-corrected chi connectivity index (χ0v) is 10.9. The van der Waals surface area contributed by atoms with Crippen molar-refractivity contribution in [3.63, 3.8) is 0 Å². The normalized spacial score (nSPS) is 15.6. The molecule has 0 aliphatic carbocycles. The van der Waals surface area contributed by atoms with Crippen LogP contribution < -0.4 is 4.74 Å². The van der Waals surface area contributed by atoms with Crippen molar-refractivity contribution < 1.29 is 9.84 Å². The zero-order valence-electron chi connectivity index (χ0n) is 10.9. The van der Waals surface area contributed by atoms with Crippen LogP contribution in [0.4, 0.5) is 0 Å². The monoisotopic (exact) mass is 222 g/mol. The number of hydrogen-bond acceptors (Lipinski definition) is 2. The molecule has 1 unspecified atom stereocenters. The maximum Gasteiger partial charge on any atom is 0.119 e. The van der Waals surface area contributed by atoms with Gasteiger partial charge in [-0.3, -0.25) is 0 Å². The van der Waals surface area contributed by atoms with Gasteiger partial charge in [0.25, 0.3) is 0 Å². The molecule has 0 aliphatic rings. The molecular formula is C14H22O2. The van der Waals surface area contributed by atoms with Gasteiger partial charge in [-0.25, -0.2) is 0 Å². The number of ether oxygens (including phenoxy) is 1. The third kappa shape index (κ3) is 2.56. The van der Waals surface area contributed by atoms with Crippen molar-refractivity contribution in [1.29, 1.82) is 0 Å². The molecule has 2 heteroatoms. The minimum atomic E-state index is -0.861. The van der Waals surface area contributed by atoms with Gasteiger partial charge >= 0.3 is 0 Å². The molecule has 2 nitrogen and oxygen atoms in total. The molecule has 1 aromatic carbocycles. The molecule has 1 aromatic rings. The lowest BCUT2D eigenvalue weighted by atomic mass is 9.73. The molecular weight excluding hydrogens is 200 g/mol. The molecule has 0 amide bonds. The first-order valence-electron chi connectivity index (χ1n) is 5.74. The molecule has 0 saturated heterocycles. The van der Waals surface area contributed by atoms with E-state index in [1.54, 1.807) is 0 Å². The summed E-state index contributed by atoms with van der Waals surface area (Å²) in [5.41, 5.74) is -0.177. The summed E-state index contributed by atoms with van der Waals surface area (Å²) in [4.78, 5) is 0. The van der Waals surface area contributed by atoms with E-state index in [9.17, 15) is 5.11 Å². The molecule has 1 N–H and O–H groups in total. The SMILES string of the molecule is CCOc1cccc(C(C)(O)C(C)(C)C)c1. The van der Waals surface area contributed by atoms with E-state index in [1.165, 1.54) is 0 Å². The highest BCUT2D eigenvalue weighted by molar-refractivity contribution is 5.33. The summed E-state index contributed by atoms with van der Waals surface area (Å²) in [6.07, 6.45) is 0. The van der Waals surface area contributed by atoms with E-state index in [2.05, 4.69) is 0 Å². The molecule has 1 rings (SSSR count). The molecule has 90 valence electrons. The molecule has 0 fully saturated rings. The average Bonchev–Trinajstić information content (AvgIpc) is 2.17. The third-order valence-corrected chi connectivity index (χ3v) is 3.17. The van der Waals surface area contributed by atoms with E-state index < -0.39 is 5.60 Å². The van der Waals surface area contributed by atoms with Gasteiger partial charge in [0.15, 0.2) is 0 Å². The fourth-order valence-corrected chi connectivity index (χ4v) is 1.49. The zero-order chi connectivity index (χ0) is 12.4. The summed E-state index contributed by atoms with van der Waals surface area (Å²) in [5.74, 6) is 0.810. The second kappa shape index (κ2) is 4.46. The highest BCUT2D eigenvalue weighted by Gasteiger charge is 2.36. The van der Waals surface area contributed by atoms with Gasteiger partial charge < -0.3 is 9.84 Å². The number of aliphatic hydroxyl groups is 1. The van der Waals surface area contributed by atoms with E-state index >= 15 is 0 Å². The highest BCUT2D eigenvalue weighted by atomic mass is 16.5. The summed E-state index contributed by atoms with van der Waals surface area (Å²) in [6, 6.07) is 7.68. The van der Waals surface area contributed by atoms with Crippen LogP contribution in [-0.4, -0.2) is 11.7 Å². The average molecular weight is 222 g/mol. The lowest BCUT2D eigenvalue weighted by Crippen LogP contribution is -2.36. The summed E-state index contributed by atoms with van der Waals surface area (Å²) >= 11 is 0. The quantitative estimate of drug-likeness (QED) is 0.850. The van der Waals surface area contributed by atoms with Gasteiger partial charge in [-0.2, -0.15) is 0 Å². The Bertz CT molecular complexity index is 348. The first kappa shape index (κ1) is 13.0. The summed E-state index contributed by atoms with van der Waals surface area (Å²) in [6.45, 7) is 10.5. The third-order valence-electron chi connectivity index (χ3n) is 3.17. The van der Waals surface area contributed by atoms with Crippen LogP contribution in [0.5, 0.6) is 5.75 Å². The Morgan fingerprint density at radius 2 is 1.81 bits per heavy atom. The number of rotatable bonds is 3. The second-order valence-corrected chi connectivity index (χ2v) is 5.28. The Labute approximate surface area is 98.3 Å². The predicted molar refractivity (Wildman–Crippen MR) is 66.6 cm³/mol. The minimum Gasteiger partial charge on any atom is -0.494 e. The van der Waals surface area contributed by atoms with Gasteiger partial charge in [0.2, 0.25) is 0 Å². The van der Waals surface area contributed by atoms with Crippen LogP contribution in [0.15, 0.2) is 24.3 Å². The van der Waals surface area contributed by atoms with Crippen molar-refractivity contribution in [2.45, 2.75) is 40.2 Å². The Kier molecular flexibility index (Phi) is 3.64. The second-order valence-electron chi connectivity index (χ2n) is 5.28. The van der Waals surface area contributed by atoms with Crippen LogP contribution in [0.2, 0.25) is 0 Å². The smallest absolute Gasteiger partial charge is 0.119 e. The molecule has 0 spiro atoms. The van der Waals surface area contributed by atoms with Crippen molar-refractivity contribution >= 4 is 0 Å². The Morgan fingerprint density at radius 3 is 2.31 bits per heavy atom. The van der Waals surface area contributed by atoms with Crippen LogP contribution in [0.25, 0.3) is 0 Å². The van der Waals surface area contributed by atoms with Crippen LogP contribution >= 0.6 is 0 Å². The molecule has 16 heavy (non-hydrogen) atoms. The maximum atomic E-state index is 10.6. The summed E-state index contributed by atoms with van der Waals surface area (Å²) in [7, 11) is 0. The topological polar surface area (TPSA) is 29.5 Å². The molecule has 1 atom stereocenters. The molecule has 0 saturated carbocycles. The molecule has 0 heterocycles. The standard InChI is InChI=1S/C14H22O2/c1-6-16-12-9-7-8-11(10-12)14(5,15)13(2,3)4/h7-10,15H,6H2,1-5H3. The van der Waals surface area contributed by atoms with Crippen LogP contribution in [-0.2, 0) is 5.60 Å². The fraction of sp³-hybridized carbons (Fsp3) is 0.571. The predicted octanol–water partition coefficient (Wildman–Crippen LogP) is 3.34. The Balaban J connectivity index is 3.08. The van der Waals surface area contributed by atoms with Gasteiger partial charge in [0.1, 0.15) is 5.75 Å². The Morgan fingerprint density at radius 1 is 1.19 bits per heavy atom. The lowest BCUT2D eigenvalue weighted by molar-refractivity contribution is -0.0471. The van der Waals surface area contributed by atoms with Crippen molar-refractivity contribution in [1.82, 2.24) is 0 Å². The molecule has 0 radical (unpaired) electrons. The van der Waals surface area contributed by atoms with Crippen LogP contribution in [0.1, 0.15) is 40.2 Å². The molecule has 0 bridgehead atoms. The van der Waals surface area contributed by atoms with E-state index in [0.717, 1.165) is 11.3 Å². The summed E-state index contributed by atoms with van der Waals surface area (Å²) in [5, 5.41) is 10.6. The van der Waals surface area contributed by atoms with Gasteiger partial charge in [-0.1, -0.05) is 32.9 Å². The molecule has 0 aromatic heterocycles. The Hall–Kier alpha value is -1.02. The van der Waals surface area contributed by atoms with Crippen molar-refractivity contribution in [2.24, 2.45) is 5.41 Å². The van der Waals surface area contributed by atoms with Gasteiger partial charge in [0, 0.05) is 0 Å². The first-order chi connectivity index (χ1) is 7.29. The van der Waals surface area contributed by atoms with Crippen LogP contribution in [0, 0.1) is 5.41 Å². The minimum absolute atomic E-state index is 0.210. The van der Waals surface area contributed by atoms with Crippen LogP contribution in [0.3, 0.4) is 0 Å². The van der Waals surface area contributed by atoms with E-state index in [4.69, 9.17) is 4.74 Å². The van der Waals surface area contributed by atoms with E-state index in [0.29, 0.717) is 6.61 Å². The number of hydrogen-bond donors (Lipinski definition) is 1. The maximum absolute atomic E-state index is 10.6. The lowest BCUT2D eigenvalue weighted by Gasteiger charge is -2.37. The van der Waals surface area contributed by atoms with Crippen molar-refractivity contribution in [3.05, 3.63) is 29.8 Å². The van der Waals surface area contributed by atoms with Gasteiger partial charge in [-0.15, -0.1) is 0 Å². The van der Waals surface area contributed by atoms with E-state index in [-0.39, 0.29) is 5.41 Å². The molecule has 0 aliphatic heterocycles. The highest BCUT2D eigenvalue weighted by Crippen LogP contribution is 2.39. The van der Waals surface area contributed by atoms with Gasteiger partial charge in [-0.05, 0) is 37.0 Å². The van der Waals surface area contributed by atoms with Crippen molar-refractivity contribution in [2.75, 3.05) is 6.61 Å². The fourth-order valence-electron chi connectivity index (χ4n) is 1.49. The van der Waals surface area contributed by atoms with Crippen molar-refractivity contribution in [3.8, 4) is 5.75 Å². The number of benzene rings is 1.